The van der Waals surface area contributed by atoms with E-state index >= 15 is 0 Å². The van der Waals surface area contributed by atoms with Gasteiger partial charge in [-0.3, -0.25) is 4.79 Å². The molecule has 0 radical (unpaired) electrons. The smallest absolute Gasteiger partial charge is 0.192 e. The van der Waals surface area contributed by atoms with Crippen molar-refractivity contribution in [3.8, 4) is 11.8 Å². The molecule has 2 heteroatoms. The van der Waals surface area contributed by atoms with Crippen LogP contribution in [0.5, 0.6) is 0 Å². The molecule has 1 nitrogen and oxygen atoms in total. The third-order valence-electron chi connectivity index (χ3n) is 1.35. The van der Waals surface area contributed by atoms with Crippen LogP contribution in [0.3, 0.4) is 0 Å². The van der Waals surface area contributed by atoms with Crippen molar-refractivity contribution < 1.29 is 4.79 Å². The van der Waals surface area contributed by atoms with Crippen LogP contribution >= 0.6 is 11.6 Å². The lowest BCUT2D eigenvalue weighted by Gasteiger charge is -1.93. The van der Waals surface area contributed by atoms with Gasteiger partial charge in [0, 0.05) is 12.3 Å². The summed E-state index contributed by atoms with van der Waals surface area (Å²) in [6.45, 7) is 0. The van der Waals surface area contributed by atoms with Crippen LogP contribution in [0.25, 0.3) is 0 Å². The van der Waals surface area contributed by atoms with E-state index in [-0.39, 0.29) is 0 Å². The first kappa shape index (κ1) is 10.5. The maximum atomic E-state index is 9.75. The second-order valence-electron chi connectivity index (χ2n) is 2.29. The fourth-order valence-electron chi connectivity index (χ4n) is 0.775. The number of unbranched alkanes of at least 4 members (excludes halogenated alkanes) is 4. The Balaban J connectivity index is 2.96. The lowest BCUT2D eigenvalue weighted by molar-refractivity contribution is -0.103. The van der Waals surface area contributed by atoms with Crippen molar-refractivity contribution in [3.63, 3.8) is 0 Å². The Morgan fingerprint density at radius 1 is 1.18 bits per heavy atom. The second-order valence-corrected chi connectivity index (χ2v) is 2.67. The van der Waals surface area contributed by atoms with Crippen molar-refractivity contribution in [2.24, 2.45) is 0 Å². The summed E-state index contributed by atoms with van der Waals surface area (Å²) in [6, 6.07) is 0. The highest BCUT2D eigenvalue weighted by atomic mass is 35.5. The van der Waals surface area contributed by atoms with Crippen molar-refractivity contribution in [2.75, 3.05) is 5.88 Å². The topological polar surface area (TPSA) is 17.1 Å². The van der Waals surface area contributed by atoms with Gasteiger partial charge in [0.1, 0.15) is 0 Å². The number of carbonyl (C=O) groups excluding carboxylic acids is 1. The molecular weight excluding hydrogens is 160 g/mol. The number of halogens is 1. The first-order valence-corrected chi connectivity index (χ1v) is 4.43. The van der Waals surface area contributed by atoms with Crippen LogP contribution in [0.4, 0.5) is 0 Å². The average Bonchev–Trinajstić information content (AvgIpc) is 2.03. The van der Waals surface area contributed by atoms with Crippen molar-refractivity contribution in [1.29, 1.82) is 0 Å². The summed E-state index contributed by atoms with van der Waals surface area (Å²) in [5, 5.41) is 0. The van der Waals surface area contributed by atoms with E-state index in [1.165, 1.54) is 12.8 Å². The molecule has 62 valence electrons. The summed E-state index contributed by atoms with van der Waals surface area (Å²) in [7, 11) is 0. The van der Waals surface area contributed by atoms with E-state index in [0.717, 1.165) is 25.1 Å². The Bertz CT molecular complexity index is 143. The predicted molar refractivity (Wildman–Crippen MR) is 47.6 cm³/mol. The molecule has 0 atom stereocenters. The van der Waals surface area contributed by atoms with Gasteiger partial charge in [-0.15, -0.1) is 11.6 Å². The Labute approximate surface area is 73.1 Å². The van der Waals surface area contributed by atoms with Gasteiger partial charge in [-0.1, -0.05) is 18.8 Å². The van der Waals surface area contributed by atoms with Gasteiger partial charge in [0.2, 0.25) is 0 Å². The standard InChI is InChI=1S/C9H13ClO/c10-8-6-4-2-1-3-5-7-9-11/h9H,1-4,6,8H2. The summed E-state index contributed by atoms with van der Waals surface area (Å²) in [6.07, 6.45) is 5.98. The molecule has 0 aromatic heterocycles. The van der Waals surface area contributed by atoms with E-state index in [9.17, 15) is 4.79 Å². The van der Waals surface area contributed by atoms with Crippen LogP contribution < -0.4 is 0 Å². The molecule has 0 spiro atoms. The van der Waals surface area contributed by atoms with Crippen LogP contribution in [-0.4, -0.2) is 12.2 Å². The average molecular weight is 173 g/mol. The van der Waals surface area contributed by atoms with E-state index in [0.29, 0.717) is 6.29 Å². The molecule has 0 heterocycles. The summed E-state index contributed by atoms with van der Waals surface area (Å²) >= 11 is 5.49. The first-order chi connectivity index (χ1) is 5.41. The predicted octanol–water partition coefficient (Wildman–Crippen LogP) is 2.38. The van der Waals surface area contributed by atoms with Crippen molar-refractivity contribution in [1.82, 2.24) is 0 Å². The summed E-state index contributed by atoms with van der Waals surface area (Å²) < 4.78 is 0. The Morgan fingerprint density at radius 2 is 1.91 bits per heavy atom. The quantitative estimate of drug-likeness (QED) is 0.269. The lowest BCUT2D eigenvalue weighted by atomic mass is 10.2. The molecule has 0 aromatic rings. The lowest BCUT2D eigenvalue weighted by Crippen LogP contribution is -1.78. The van der Waals surface area contributed by atoms with Crippen LogP contribution in [0, 0.1) is 11.8 Å². The van der Waals surface area contributed by atoms with Crippen molar-refractivity contribution in [2.45, 2.75) is 32.1 Å². The van der Waals surface area contributed by atoms with Gasteiger partial charge in [0.15, 0.2) is 6.29 Å². The third kappa shape index (κ3) is 9.52. The maximum Gasteiger partial charge on any atom is 0.192 e. The highest BCUT2D eigenvalue weighted by molar-refractivity contribution is 6.17. The number of alkyl halides is 1. The van der Waals surface area contributed by atoms with Gasteiger partial charge in [-0.2, -0.15) is 0 Å². The summed E-state index contributed by atoms with van der Waals surface area (Å²) in [5.74, 6) is 5.89. The molecule has 0 saturated carbocycles. The minimum Gasteiger partial charge on any atom is -0.289 e. The fraction of sp³-hybridized carbons (Fsp3) is 0.667. The molecule has 0 aliphatic carbocycles. The van der Waals surface area contributed by atoms with E-state index in [2.05, 4.69) is 11.8 Å². The number of aldehydes is 1. The molecule has 0 aliphatic rings. The zero-order chi connectivity index (χ0) is 8.36. The highest BCUT2D eigenvalue weighted by Gasteiger charge is 1.86. The molecule has 0 amide bonds. The van der Waals surface area contributed by atoms with Gasteiger partial charge < -0.3 is 0 Å². The Morgan fingerprint density at radius 3 is 2.55 bits per heavy atom. The molecule has 0 fully saturated rings. The van der Waals surface area contributed by atoms with Crippen LogP contribution in [0.2, 0.25) is 0 Å². The van der Waals surface area contributed by atoms with Gasteiger partial charge in [0.25, 0.3) is 0 Å². The maximum absolute atomic E-state index is 9.75. The van der Waals surface area contributed by atoms with Gasteiger partial charge in [-0.25, -0.2) is 0 Å². The SMILES string of the molecule is O=CC#CCCCCCCCl. The number of carbonyl (C=O) groups is 1. The van der Waals surface area contributed by atoms with Gasteiger partial charge in [-0.05, 0) is 18.8 Å². The molecule has 0 aromatic carbocycles. The van der Waals surface area contributed by atoms with E-state index in [1.807, 2.05) is 0 Å². The van der Waals surface area contributed by atoms with Crippen LogP contribution in [0.15, 0.2) is 0 Å². The minimum atomic E-state index is 0.638. The zero-order valence-corrected chi connectivity index (χ0v) is 7.36. The molecule has 0 bridgehead atoms. The minimum absolute atomic E-state index is 0.638. The van der Waals surface area contributed by atoms with Crippen molar-refractivity contribution >= 4 is 17.9 Å². The van der Waals surface area contributed by atoms with Gasteiger partial charge >= 0.3 is 0 Å². The normalized spacial score (nSPS) is 8.45. The molecule has 0 saturated heterocycles. The van der Waals surface area contributed by atoms with Crippen LogP contribution in [0.1, 0.15) is 32.1 Å². The monoisotopic (exact) mass is 172 g/mol. The number of hydrogen-bond donors (Lipinski definition) is 0. The first-order valence-electron chi connectivity index (χ1n) is 3.90. The highest BCUT2D eigenvalue weighted by Crippen LogP contribution is 2.02. The number of rotatable bonds is 5. The number of hydrogen-bond acceptors (Lipinski definition) is 1. The molecule has 11 heavy (non-hydrogen) atoms. The molecule has 0 unspecified atom stereocenters. The zero-order valence-electron chi connectivity index (χ0n) is 6.61. The van der Waals surface area contributed by atoms with Crippen LogP contribution in [-0.2, 0) is 4.79 Å². The second kappa shape index (κ2) is 9.52. The molecular formula is C9H13ClO. The van der Waals surface area contributed by atoms with Crippen molar-refractivity contribution in [3.05, 3.63) is 0 Å². The van der Waals surface area contributed by atoms with Gasteiger partial charge in [0.05, 0.1) is 0 Å². The van der Waals surface area contributed by atoms with E-state index < -0.39 is 0 Å². The van der Waals surface area contributed by atoms with E-state index in [1.54, 1.807) is 0 Å². The molecule has 0 rings (SSSR count). The molecule has 0 N–H and O–H groups in total. The Hall–Kier alpha value is -0.480. The van der Waals surface area contributed by atoms with E-state index in [4.69, 9.17) is 11.6 Å². The Kier molecular flexibility index (Phi) is 9.10. The molecule has 0 aliphatic heterocycles. The third-order valence-corrected chi connectivity index (χ3v) is 1.61. The largest absolute Gasteiger partial charge is 0.289 e. The summed E-state index contributed by atoms with van der Waals surface area (Å²) in [5.41, 5.74) is 0. The summed E-state index contributed by atoms with van der Waals surface area (Å²) in [4.78, 5) is 9.75. The fourth-order valence-corrected chi connectivity index (χ4v) is 0.964.